The van der Waals surface area contributed by atoms with E-state index in [4.69, 9.17) is 10.7 Å². The molecule has 2 aromatic heterocycles. The van der Waals surface area contributed by atoms with E-state index in [0.717, 1.165) is 23.7 Å². The van der Waals surface area contributed by atoms with E-state index in [0.29, 0.717) is 12.6 Å². The lowest BCUT2D eigenvalue weighted by Gasteiger charge is -2.36. The van der Waals surface area contributed by atoms with Gasteiger partial charge in [0.05, 0.1) is 5.69 Å². The van der Waals surface area contributed by atoms with Crippen LogP contribution in [-0.2, 0) is 6.54 Å². The molecule has 1 saturated heterocycles. The van der Waals surface area contributed by atoms with E-state index in [2.05, 4.69) is 28.3 Å². The van der Waals surface area contributed by atoms with Crippen LogP contribution >= 0.6 is 0 Å². The SMILES string of the molecule is CN1CCCC(N(C)c2nc3ccccn3c2CN)C1. The van der Waals surface area contributed by atoms with Crippen molar-refractivity contribution < 1.29 is 0 Å². The van der Waals surface area contributed by atoms with Crippen molar-refractivity contribution in [2.45, 2.75) is 25.4 Å². The summed E-state index contributed by atoms with van der Waals surface area (Å²) in [5.74, 6) is 1.03. The molecule has 0 saturated carbocycles. The number of aromatic nitrogens is 2. The van der Waals surface area contributed by atoms with Gasteiger partial charge < -0.3 is 19.9 Å². The molecule has 0 radical (unpaired) electrons. The molecule has 0 amide bonds. The highest BCUT2D eigenvalue weighted by Gasteiger charge is 2.25. The fraction of sp³-hybridized carbons (Fsp3) is 0.533. The van der Waals surface area contributed by atoms with Crippen LogP contribution in [0.2, 0.25) is 0 Å². The molecule has 1 aliphatic heterocycles. The van der Waals surface area contributed by atoms with Gasteiger partial charge in [-0.1, -0.05) is 6.07 Å². The zero-order chi connectivity index (χ0) is 14.1. The quantitative estimate of drug-likeness (QED) is 0.916. The monoisotopic (exact) mass is 273 g/mol. The van der Waals surface area contributed by atoms with E-state index in [1.165, 1.54) is 19.4 Å². The number of nitrogens with two attached hydrogens (primary N) is 1. The third kappa shape index (κ3) is 2.27. The third-order valence-corrected chi connectivity index (χ3v) is 4.28. The van der Waals surface area contributed by atoms with Gasteiger partial charge in [-0.3, -0.25) is 0 Å². The normalized spacial score (nSPS) is 20.4. The first-order chi connectivity index (χ1) is 9.70. The second-order valence-corrected chi connectivity index (χ2v) is 5.68. The van der Waals surface area contributed by atoms with Gasteiger partial charge in [-0.15, -0.1) is 0 Å². The number of pyridine rings is 1. The molecule has 1 aliphatic rings. The van der Waals surface area contributed by atoms with Gasteiger partial charge in [0, 0.05) is 32.4 Å². The number of likely N-dealkylation sites (tertiary alicyclic amines) is 1. The van der Waals surface area contributed by atoms with Gasteiger partial charge in [0.15, 0.2) is 5.82 Å². The highest BCUT2D eigenvalue weighted by atomic mass is 15.3. The van der Waals surface area contributed by atoms with Gasteiger partial charge in [-0.25, -0.2) is 4.98 Å². The summed E-state index contributed by atoms with van der Waals surface area (Å²) in [4.78, 5) is 9.48. The van der Waals surface area contributed by atoms with Crippen molar-refractivity contribution in [1.29, 1.82) is 0 Å². The zero-order valence-electron chi connectivity index (χ0n) is 12.3. The second kappa shape index (κ2) is 5.42. The molecule has 5 heteroatoms. The first kappa shape index (κ1) is 13.4. The first-order valence-corrected chi connectivity index (χ1v) is 7.28. The molecule has 1 fully saturated rings. The molecule has 1 unspecified atom stereocenters. The Kier molecular flexibility index (Phi) is 3.63. The van der Waals surface area contributed by atoms with Crippen molar-refractivity contribution in [1.82, 2.24) is 14.3 Å². The van der Waals surface area contributed by atoms with Crippen LogP contribution in [0.5, 0.6) is 0 Å². The second-order valence-electron chi connectivity index (χ2n) is 5.68. The van der Waals surface area contributed by atoms with E-state index >= 15 is 0 Å². The van der Waals surface area contributed by atoms with Crippen molar-refractivity contribution in [3.05, 3.63) is 30.1 Å². The summed E-state index contributed by atoms with van der Waals surface area (Å²) in [6.07, 6.45) is 4.50. The zero-order valence-corrected chi connectivity index (χ0v) is 12.3. The maximum absolute atomic E-state index is 5.96. The molecule has 0 aromatic carbocycles. The summed E-state index contributed by atoms with van der Waals surface area (Å²) < 4.78 is 2.10. The Labute approximate surface area is 120 Å². The first-order valence-electron chi connectivity index (χ1n) is 7.28. The van der Waals surface area contributed by atoms with Crippen molar-refractivity contribution in [2.75, 3.05) is 32.1 Å². The van der Waals surface area contributed by atoms with Crippen LogP contribution in [0.3, 0.4) is 0 Å². The van der Waals surface area contributed by atoms with Gasteiger partial charge in [0.25, 0.3) is 0 Å². The summed E-state index contributed by atoms with van der Waals surface area (Å²) in [5.41, 5.74) is 8.02. The minimum atomic E-state index is 0.507. The predicted octanol–water partition coefficient (Wildman–Crippen LogP) is 1.32. The van der Waals surface area contributed by atoms with Gasteiger partial charge in [0.1, 0.15) is 5.65 Å². The van der Waals surface area contributed by atoms with Crippen LogP contribution < -0.4 is 10.6 Å². The third-order valence-electron chi connectivity index (χ3n) is 4.28. The molecule has 0 aliphatic carbocycles. The lowest BCUT2D eigenvalue weighted by molar-refractivity contribution is 0.247. The van der Waals surface area contributed by atoms with E-state index in [1.54, 1.807) is 0 Å². The number of likely N-dealkylation sites (N-methyl/N-ethyl adjacent to an activating group) is 2. The van der Waals surface area contributed by atoms with Gasteiger partial charge in [0.2, 0.25) is 0 Å². The van der Waals surface area contributed by atoms with Crippen LogP contribution in [0.15, 0.2) is 24.4 Å². The maximum atomic E-state index is 5.96. The maximum Gasteiger partial charge on any atom is 0.152 e. The van der Waals surface area contributed by atoms with E-state index < -0.39 is 0 Å². The molecule has 3 rings (SSSR count). The minimum absolute atomic E-state index is 0.507. The lowest BCUT2D eigenvalue weighted by atomic mass is 10.1. The number of nitrogens with zero attached hydrogens (tertiary/aromatic N) is 4. The summed E-state index contributed by atoms with van der Waals surface area (Å²) in [5, 5.41) is 0. The summed E-state index contributed by atoms with van der Waals surface area (Å²) in [6, 6.07) is 6.58. The van der Waals surface area contributed by atoms with Crippen molar-refractivity contribution in [2.24, 2.45) is 5.73 Å². The molecular weight excluding hydrogens is 250 g/mol. The molecule has 108 valence electrons. The van der Waals surface area contributed by atoms with Gasteiger partial charge >= 0.3 is 0 Å². The molecule has 3 heterocycles. The summed E-state index contributed by atoms with van der Waals surface area (Å²) in [6.45, 7) is 2.79. The van der Waals surface area contributed by atoms with E-state index in [9.17, 15) is 0 Å². The Morgan fingerprint density at radius 3 is 3.05 bits per heavy atom. The Morgan fingerprint density at radius 1 is 1.45 bits per heavy atom. The molecule has 2 aromatic rings. The fourth-order valence-electron chi connectivity index (χ4n) is 3.13. The standard InChI is InChI=1S/C15H23N5/c1-18-8-5-6-12(11-18)19(2)15-13(10-16)20-9-4-3-7-14(20)17-15/h3-4,7,9,12H,5-6,8,10-11,16H2,1-2H3. The highest BCUT2D eigenvalue weighted by Crippen LogP contribution is 2.25. The van der Waals surface area contributed by atoms with Crippen molar-refractivity contribution >= 4 is 11.5 Å². The van der Waals surface area contributed by atoms with Crippen LogP contribution in [0.25, 0.3) is 5.65 Å². The van der Waals surface area contributed by atoms with Crippen LogP contribution in [0.4, 0.5) is 5.82 Å². The van der Waals surface area contributed by atoms with Crippen LogP contribution in [0, 0.1) is 0 Å². The molecule has 0 spiro atoms. The topological polar surface area (TPSA) is 49.8 Å². The average molecular weight is 273 g/mol. The molecular formula is C15H23N5. The van der Waals surface area contributed by atoms with Gasteiger partial charge in [-0.2, -0.15) is 0 Å². The minimum Gasteiger partial charge on any atom is -0.354 e. The molecule has 1 atom stereocenters. The number of rotatable bonds is 3. The Hall–Kier alpha value is -1.59. The highest BCUT2D eigenvalue weighted by molar-refractivity contribution is 5.56. The van der Waals surface area contributed by atoms with Crippen LogP contribution in [0.1, 0.15) is 18.5 Å². The summed E-state index contributed by atoms with van der Waals surface area (Å²) in [7, 11) is 4.33. The molecule has 5 nitrogen and oxygen atoms in total. The Balaban J connectivity index is 1.96. The lowest BCUT2D eigenvalue weighted by Crippen LogP contribution is -2.45. The van der Waals surface area contributed by atoms with Gasteiger partial charge in [-0.05, 0) is 38.6 Å². The average Bonchev–Trinajstić information content (AvgIpc) is 2.85. The van der Waals surface area contributed by atoms with Crippen molar-refractivity contribution in [3.8, 4) is 0 Å². The van der Waals surface area contributed by atoms with E-state index in [-0.39, 0.29) is 0 Å². The number of hydrogen-bond donors (Lipinski definition) is 1. The van der Waals surface area contributed by atoms with E-state index in [1.807, 2.05) is 24.4 Å². The molecule has 20 heavy (non-hydrogen) atoms. The van der Waals surface area contributed by atoms with Crippen molar-refractivity contribution in [3.63, 3.8) is 0 Å². The number of hydrogen-bond acceptors (Lipinski definition) is 4. The number of fused-ring (bicyclic) bond motifs is 1. The Morgan fingerprint density at radius 2 is 2.30 bits per heavy atom. The number of imidazole rings is 1. The number of piperidine rings is 1. The fourth-order valence-corrected chi connectivity index (χ4v) is 3.13. The summed E-state index contributed by atoms with van der Waals surface area (Å²) >= 11 is 0. The Bertz CT molecular complexity index is 591. The molecule has 0 bridgehead atoms. The van der Waals surface area contributed by atoms with Crippen LogP contribution in [-0.4, -0.2) is 47.5 Å². The number of anilines is 1. The smallest absolute Gasteiger partial charge is 0.152 e. The largest absolute Gasteiger partial charge is 0.354 e. The molecule has 2 N–H and O–H groups in total. The predicted molar refractivity (Wildman–Crippen MR) is 82.0 cm³/mol.